The van der Waals surface area contributed by atoms with Crippen molar-refractivity contribution in [2.75, 3.05) is 13.2 Å². The second kappa shape index (κ2) is 20.0. The fraction of sp³-hybridized carbons (Fsp3) is 0.650. The minimum atomic E-state index is -2.83. The number of carbonyl (C=O) groups excluding carboxylic acids is 1. The molecule has 0 bridgehead atoms. The Bertz CT molecular complexity index is 447. The number of hydrogen-bond acceptors (Lipinski definition) is 4. The molecule has 0 saturated heterocycles. The van der Waals surface area contributed by atoms with Crippen LogP contribution in [0.5, 0.6) is 0 Å². The Morgan fingerprint density at radius 2 is 1.54 bits per heavy atom. The van der Waals surface area contributed by atoms with Crippen molar-refractivity contribution >= 4 is 14.2 Å². The van der Waals surface area contributed by atoms with E-state index in [4.69, 9.17) is 0 Å². The highest BCUT2D eigenvalue weighted by atomic mass is 31.1. The highest BCUT2D eigenvalue weighted by Gasteiger charge is 2.03. The Kier molecular flexibility index (Phi) is 19.0. The maximum absolute atomic E-state index is 11.5. The number of hydrogen-bond donors (Lipinski definition) is 1. The molecule has 6 heteroatoms. The van der Waals surface area contributed by atoms with Crippen molar-refractivity contribution < 1.29 is 18.8 Å². The first kappa shape index (κ1) is 24.7. The lowest BCUT2D eigenvalue weighted by atomic mass is 10.1. The summed E-state index contributed by atoms with van der Waals surface area (Å²) in [6.45, 7) is 2.44. The van der Waals surface area contributed by atoms with Crippen LogP contribution < -0.4 is 10.2 Å². The van der Waals surface area contributed by atoms with E-state index in [1.165, 1.54) is 25.7 Å². The fourth-order valence-electron chi connectivity index (χ4n) is 2.24. The highest BCUT2D eigenvalue weighted by molar-refractivity contribution is 7.30. The van der Waals surface area contributed by atoms with E-state index in [1.54, 1.807) is 0 Å². The number of carbonyl (C=O) groups is 1. The number of allylic oxidation sites excluding steroid dienone is 6. The van der Waals surface area contributed by atoms with Gasteiger partial charge in [-0.25, -0.2) is 0 Å². The Morgan fingerprint density at radius 1 is 0.962 bits per heavy atom. The van der Waals surface area contributed by atoms with Gasteiger partial charge in [0.15, 0.2) is 0 Å². The standard InChI is InChI=1S/C20H34NO4P/c1-2-3-4-5-6-7-8-9-10-11-12-13-14-15-16-17-20(22)21-18-19-25-26(23)24/h6-7,9-10,12-13H,2-5,8,11,14-19H2,1H3,(H,21,22)/b7-6-,10-9-,13-12-. The van der Waals surface area contributed by atoms with Gasteiger partial charge in [-0.3, -0.25) is 4.79 Å². The lowest BCUT2D eigenvalue weighted by molar-refractivity contribution is -0.185. The maximum Gasteiger partial charge on any atom is 0.488 e. The molecule has 1 amide bonds. The molecule has 0 aromatic rings. The van der Waals surface area contributed by atoms with Crippen LogP contribution in [-0.4, -0.2) is 19.1 Å². The van der Waals surface area contributed by atoms with Crippen molar-refractivity contribution in [1.29, 1.82) is 0 Å². The SMILES string of the molecule is CCCCC/C=C\C/C=C\C/C=C\CCCCC(=O)NCCO[P+](=O)[O-]. The number of unbranched alkanes of at least 4 members (excludes halogenated alkanes) is 5. The molecule has 5 nitrogen and oxygen atoms in total. The molecule has 148 valence electrons. The summed E-state index contributed by atoms with van der Waals surface area (Å²) in [7, 11) is -2.83. The van der Waals surface area contributed by atoms with Crippen LogP contribution in [0.3, 0.4) is 0 Å². The van der Waals surface area contributed by atoms with E-state index in [0.717, 1.165) is 32.1 Å². The van der Waals surface area contributed by atoms with Gasteiger partial charge in [0.1, 0.15) is 6.61 Å². The van der Waals surface area contributed by atoms with E-state index in [0.29, 0.717) is 6.42 Å². The van der Waals surface area contributed by atoms with Gasteiger partial charge in [0.05, 0.1) is 0 Å². The lowest BCUT2D eigenvalue weighted by Gasteiger charge is -2.02. The average molecular weight is 383 g/mol. The molecule has 0 aliphatic carbocycles. The Labute approximate surface area is 159 Å². The topological polar surface area (TPSA) is 78.5 Å². The normalized spacial score (nSPS) is 12.5. The van der Waals surface area contributed by atoms with Crippen molar-refractivity contribution in [2.24, 2.45) is 0 Å². The smallest absolute Gasteiger partial charge is 0.488 e. The molecule has 0 aromatic heterocycles. The summed E-state index contributed by atoms with van der Waals surface area (Å²) in [5.41, 5.74) is 0. The van der Waals surface area contributed by atoms with Gasteiger partial charge in [0.2, 0.25) is 5.91 Å². The predicted molar refractivity (Wildman–Crippen MR) is 106 cm³/mol. The first-order valence-electron chi connectivity index (χ1n) is 9.65. The maximum atomic E-state index is 11.5. The summed E-state index contributed by atoms with van der Waals surface area (Å²) in [5, 5.41) is 2.62. The second-order valence-electron chi connectivity index (χ2n) is 6.03. The van der Waals surface area contributed by atoms with Crippen molar-refractivity contribution in [1.82, 2.24) is 5.32 Å². The lowest BCUT2D eigenvalue weighted by Crippen LogP contribution is -2.26. The molecule has 0 aliphatic rings. The Morgan fingerprint density at radius 3 is 2.12 bits per heavy atom. The van der Waals surface area contributed by atoms with Crippen molar-refractivity contribution in [3.05, 3.63) is 36.5 Å². The minimum absolute atomic E-state index is 0.00462. The first-order chi connectivity index (χ1) is 12.7. The Balaban J connectivity index is 3.40. The molecule has 1 unspecified atom stereocenters. The zero-order chi connectivity index (χ0) is 19.3. The summed E-state index contributed by atoms with van der Waals surface area (Å²) in [4.78, 5) is 21.6. The largest absolute Gasteiger partial charge is 0.566 e. The summed E-state index contributed by atoms with van der Waals surface area (Å²) in [6.07, 6.45) is 23.4. The van der Waals surface area contributed by atoms with Gasteiger partial charge in [0.25, 0.3) is 0 Å². The van der Waals surface area contributed by atoms with Gasteiger partial charge in [0, 0.05) is 13.0 Å². The van der Waals surface area contributed by atoms with Crippen molar-refractivity contribution in [2.45, 2.75) is 71.1 Å². The van der Waals surface area contributed by atoms with Crippen molar-refractivity contribution in [3.8, 4) is 0 Å². The molecule has 0 heterocycles. The molecule has 0 saturated carbocycles. The zero-order valence-corrected chi connectivity index (χ0v) is 16.9. The van der Waals surface area contributed by atoms with E-state index in [2.05, 4.69) is 53.2 Å². The number of rotatable bonds is 17. The molecule has 0 spiro atoms. The van der Waals surface area contributed by atoms with Crippen LogP contribution in [-0.2, 0) is 13.9 Å². The molecule has 0 aromatic carbocycles. The summed E-state index contributed by atoms with van der Waals surface area (Å²) in [5.74, 6) is -0.0654. The van der Waals surface area contributed by atoms with Gasteiger partial charge in [-0.2, -0.15) is 0 Å². The first-order valence-corrected chi connectivity index (χ1v) is 10.7. The second-order valence-corrected chi connectivity index (χ2v) is 6.74. The average Bonchev–Trinajstić information content (AvgIpc) is 2.62. The molecule has 1 atom stereocenters. The van der Waals surface area contributed by atoms with Crippen LogP contribution in [0.1, 0.15) is 71.1 Å². The fourth-order valence-corrected chi connectivity index (χ4v) is 2.48. The van der Waals surface area contributed by atoms with Crippen LogP contribution in [0.4, 0.5) is 0 Å². The molecule has 0 rings (SSSR count). The van der Waals surface area contributed by atoms with Gasteiger partial charge >= 0.3 is 8.25 Å². The van der Waals surface area contributed by atoms with Gasteiger partial charge < -0.3 is 10.2 Å². The Hall–Kier alpha value is -1.29. The van der Waals surface area contributed by atoms with Gasteiger partial charge in [-0.1, -0.05) is 56.2 Å². The van der Waals surface area contributed by atoms with Crippen LogP contribution in [0.2, 0.25) is 0 Å². The molecular weight excluding hydrogens is 349 g/mol. The van der Waals surface area contributed by atoms with Gasteiger partial charge in [-0.15, -0.1) is 4.52 Å². The summed E-state index contributed by atoms with van der Waals surface area (Å²) < 4.78 is 14.5. The third kappa shape index (κ3) is 20.8. The third-order valence-electron chi connectivity index (χ3n) is 3.66. The molecule has 26 heavy (non-hydrogen) atoms. The quantitative estimate of drug-likeness (QED) is 0.224. The molecule has 0 fully saturated rings. The molecular formula is C20H34NO4P. The highest BCUT2D eigenvalue weighted by Crippen LogP contribution is 2.06. The molecule has 1 N–H and O–H groups in total. The molecule has 0 aliphatic heterocycles. The van der Waals surface area contributed by atoms with Crippen LogP contribution >= 0.6 is 8.25 Å². The van der Waals surface area contributed by atoms with Crippen LogP contribution in [0.15, 0.2) is 36.5 Å². The number of amides is 1. The molecule has 0 radical (unpaired) electrons. The van der Waals surface area contributed by atoms with E-state index in [-0.39, 0.29) is 19.1 Å². The van der Waals surface area contributed by atoms with E-state index in [9.17, 15) is 14.3 Å². The monoisotopic (exact) mass is 383 g/mol. The summed E-state index contributed by atoms with van der Waals surface area (Å²) >= 11 is 0. The third-order valence-corrected chi connectivity index (χ3v) is 4.06. The van der Waals surface area contributed by atoms with E-state index in [1.807, 2.05) is 0 Å². The zero-order valence-electron chi connectivity index (χ0n) is 16.0. The minimum Gasteiger partial charge on any atom is -0.566 e. The number of nitrogens with one attached hydrogen (secondary N) is 1. The van der Waals surface area contributed by atoms with E-state index >= 15 is 0 Å². The van der Waals surface area contributed by atoms with Crippen LogP contribution in [0, 0.1) is 0 Å². The predicted octanol–water partition coefficient (Wildman–Crippen LogP) is 4.73. The van der Waals surface area contributed by atoms with Crippen LogP contribution in [0.25, 0.3) is 0 Å². The summed E-state index contributed by atoms with van der Waals surface area (Å²) in [6, 6.07) is 0. The van der Waals surface area contributed by atoms with Gasteiger partial charge in [-0.05, 0) is 49.5 Å². The van der Waals surface area contributed by atoms with Crippen molar-refractivity contribution in [3.63, 3.8) is 0 Å². The van der Waals surface area contributed by atoms with E-state index < -0.39 is 8.25 Å².